The summed E-state index contributed by atoms with van der Waals surface area (Å²) in [4.78, 5) is 14.4. The second-order valence-electron chi connectivity index (χ2n) is 9.68. The van der Waals surface area contributed by atoms with Crippen LogP contribution in [-0.2, 0) is 37.3 Å². The van der Waals surface area contributed by atoms with Gasteiger partial charge in [0, 0.05) is 25.7 Å². The van der Waals surface area contributed by atoms with Gasteiger partial charge in [-0.25, -0.2) is 16.8 Å². The molecule has 1 unspecified atom stereocenters. The van der Waals surface area contributed by atoms with Crippen LogP contribution in [0, 0.1) is 4.77 Å². The lowest BCUT2D eigenvalue weighted by atomic mass is 10.2. The highest BCUT2D eigenvalue weighted by molar-refractivity contribution is 8.01. The van der Waals surface area contributed by atoms with Crippen molar-refractivity contribution in [3.63, 3.8) is 0 Å². The number of para-hydroxylation sites is 2. The molecule has 0 bridgehead atoms. The van der Waals surface area contributed by atoms with Crippen molar-refractivity contribution in [2.45, 2.75) is 64.7 Å². The zero-order valence-corrected chi connectivity index (χ0v) is 27.0. The van der Waals surface area contributed by atoms with Crippen molar-refractivity contribution in [2.75, 3.05) is 17.2 Å². The maximum atomic E-state index is 13.2. The molecule has 0 saturated heterocycles. The molecule has 1 N–H and O–H groups in total. The van der Waals surface area contributed by atoms with Crippen molar-refractivity contribution in [1.29, 1.82) is 0 Å². The molecule has 0 saturated carbocycles. The molecule has 0 amide bonds. The van der Waals surface area contributed by atoms with Crippen molar-refractivity contribution >= 4 is 44.0 Å². The summed E-state index contributed by atoms with van der Waals surface area (Å²) in [5, 5.41) is 10.9. The Morgan fingerprint density at radius 3 is 2.33 bits per heavy atom. The molecular weight excluding hydrogens is 684 g/mol. The molecule has 1 atom stereocenters. The molecule has 46 heavy (non-hydrogen) atoms. The van der Waals surface area contributed by atoms with E-state index in [1.54, 1.807) is 12.1 Å². The number of alkyl halides is 5. The van der Waals surface area contributed by atoms with Gasteiger partial charge in [0.2, 0.25) is 11.8 Å². The topological polar surface area (TPSA) is 132 Å². The lowest BCUT2D eigenvalue weighted by molar-refractivity contribution is -0.0854. The quantitative estimate of drug-likeness (QED) is 0.141. The summed E-state index contributed by atoms with van der Waals surface area (Å²) in [5.41, 5.74) is -3.57. The number of halogens is 5. The summed E-state index contributed by atoms with van der Waals surface area (Å²) >= 11 is 5.46. The van der Waals surface area contributed by atoms with Crippen LogP contribution in [0.1, 0.15) is 45.1 Å². The predicted octanol–water partition coefficient (Wildman–Crippen LogP) is 6.07. The molecule has 1 aromatic carbocycles. The monoisotopic (exact) mass is 714 g/mol. The van der Waals surface area contributed by atoms with E-state index in [0.29, 0.717) is 31.6 Å². The molecule has 0 radical (unpaired) electrons. The highest BCUT2D eigenvalue weighted by Crippen LogP contribution is 2.38. The summed E-state index contributed by atoms with van der Waals surface area (Å²) in [6.45, 7) is -0.171. The molecule has 19 heteroatoms. The zero-order chi connectivity index (χ0) is 34.3. The van der Waals surface area contributed by atoms with Crippen LogP contribution < -0.4 is 15.2 Å². The molecule has 0 fully saturated rings. The molecule has 3 rings (SSSR count). The molecule has 1 aromatic heterocycles. The minimum atomic E-state index is -6.31. The molecule has 1 aliphatic rings. The van der Waals surface area contributed by atoms with E-state index in [-0.39, 0.29) is 27.8 Å². The average molecular weight is 715 g/mol. The number of aromatic hydroxyl groups is 1. The predicted molar refractivity (Wildman–Crippen MR) is 164 cm³/mol. The third-order valence-corrected chi connectivity index (χ3v) is 10.2. The Balaban J connectivity index is 1.98. The Hall–Kier alpha value is -3.51. The summed E-state index contributed by atoms with van der Waals surface area (Å²) < 4.78 is 115. The molecule has 2 aromatic rings. The molecule has 1 aliphatic heterocycles. The van der Waals surface area contributed by atoms with E-state index < -0.39 is 50.0 Å². The number of anilines is 1. The van der Waals surface area contributed by atoms with Crippen LogP contribution in [0.15, 0.2) is 56.6 Å². The van der Waals surface area contributed by atoms with E-state index in [4.69, 9.17) is 17.0 Å². The number of rotatable bonds is 14. The molecule has 0 aliphatic carbocycles. The van der Waals surface area contributed by atoms with Gasteiger partial charge in [-0.3, -0.25) is 13.9 Å². The van der Waals surface area contributed by atoms with Gasteiger partial charge in [-0.15, -0.1) is 5.73 Å². The van der Waals surface area contributed by atoms with Gasteiger partial charge in [-0.1, -0.05) is 42.6 Å². The first kappa shape index (κ1) is 37.0. The Morgan fingerprint density at radius 2 is 1.72 bits per heavy atom. The van der Waals surface area contributed by atoms with Gasteiger partial charge >= 0.3 is 12.1 Å². The fourth-order valence-corrected chi connectivity index (χ4v) is 7.18. The molecule has 2 heterocycles. The van der Waals surface area contributed by atoms with E-state index in [2.05, 4.69) is 13.7 Å². The van der Waals surface area contributed by atoms with E-state index in [1.807, 2.05) is 13.8 Å². The van der Waals surface area contributed by atoms with E-state index in [1.165, 1.54) is 44.4 Å². The van der Waals surface area contributed by atoms with Crippen molar-refractivity contribution < 1.29 is 48.6 Å². The van der Waals surface area contributed by atoms with Crippen LogP contribution in [-0.4, -0.2) is 51.3 Å². The number of nitrogens with zero attached hydrogens (tertiary/aromatic N) is 4. The number of aromatic nitrogens is 2. The van der Waals surface area contributed by atoms with Crippen LogP contribution in [0.25, 0.3) is 6.08 Å². The van der Waals surface area contributed by atoms with Gasteiger partial charge in [0.15, 0.2) is 10.5 Å². The van der Waals surface area contributed by atoms with Gasteiger partial charge in [0.25, 0.3) is 25.6 Å². The maximum Gasteiger partial charge on any atom is 0.505 e. The third kappa shape index (κ3) is 8.85. The Morgan fingerprint density at radius 1 is 1.09 bits per heavy atom. The maximum absolute atomic E-state index is 13.2. The summed E-state index contributed by atoms with van der Waals surface area (Å²) in [7, 11) is -11.5. The second kappa shape index (κ2) is 15.4. The van der Waals surface area contributed by atoms with Gasteiger partial charge in [-0.2, -0.15) is 22.0 Å². The smallest absolute Gasteiger partial charge is 0.494 e. The van der Waals surface area contributed by atoms with Gasteiger partial charge in [0.05, 0.1) is 11.4 Å². The number of allylic oxidation sites excluding steroid dienone is 2. The number of ether oxygens (including phenoxy) is 1. The fourth-order valence-electron chi connectivity index (χ4n) is 4.13. The van der Waals surface area contributed by atoms with Crippen molar-refractivity contribution in [2.24, 2.45) is 3.77 Å². The van der Waals surface area contributed by atoms with Gasteiger partial charge in [-0.05, 0) is 49.3 Å². The first-order valence-corrected chi connectivity index (χ1v) is 17.3. The van der Waals surface area contributed by atoms with Crippen LogP contribution >= 0.6 is 12.2 Å². The number of hydrogen-bond donors (Lipinski definition) is 1. The summed E-state index contributed by atoms with van der Waals surface area (Å²) in [5.74, 6) is -1.32. The van der Waals surface area contributed by atoms with E-state index >= 15 is 0 Å². The minimum Gasteiger partial charge on any atom is -0.494 e. The Bertz CT molecular complexity index is 1870. The van der Waals surface area contributed by atoms with Crippen LogP contribution in [0.3, 0.4) is 0 Å². The number of benzene rings is 1. The van der Waals surface area contributed by atoms with Crippen molar-refractivity contribution in [3.8, 4) is 11.6 Å². The van der Waals surface area contributed by atoms with Crippen LogP contribution in [0.2, 0.25) is 0 Å². The van der Waals surface area contributed by atoms with Crippen molar-refractivity contribution in [3.05, 3.63) is 68.7 Å². The molecule has 11 nitrogen and oxygen atoms in total. The Kier molecular flexibility index (Phi) is 12.4. The van der Waals surface area contributed by atoms with E-state index in [9.17, 15) is 44.5 Å². The largest absolute Gasteiger partial charge is 0.505 e. The average Bonchev–Trinajstić information content (AvgIpc) is 3.31. The number of sulfonamides is 1. The summed E-state index contributed by atoms with van der Waals surface area (Å²) in [6.07, 6.45) is 6.81. The highest BCUT2D eigenvalue weighted by atomic mass is 32.3. The zero-order valence-electron chi connectivity index (χ0n) is 24.6. The molecule has 0 spiro atoms. The third-order valence-electron chi connectivity index (χ3n) is 6.37. The standard InChI is InChI=1S/C27H31F5N4O7S3/c1-3-5-15-35-23(37)19(24(38)36(26(35)44)16-6-4-2)11-7-10-14-22-34(20-12-8-9-13-21(20)42-22)17-18-45(39,40)33-46(41,27(30,31)32)43-25(28)29/h8-14,25,37H,3-6,15-18H2,1-2H3. The van der Waals surface area contributed by atoms with Crippen LogP contribution in [0.5, 0.6) is 11.6 Å². The lowest BCUT2D eigenvalue weighted by Crippen LogP contribution is -2.30. The minimum absolute atomic E-state index is 0.0267. The second-order valence-corrected chi connectivity index (χ2v) is 13.8. The molecule has 254 valence electrons. The fraction of sp³-hybridized carbons (Fsp3) is 0.444. The molecular formula is C27H31F5N4O7S3. The Labute approximate surface area is 267 Å². The first-order chi connectivity index (χ1) is 21.5. The number of unbranched alkanes of at least 4 members (excludes halogenated alkanes) is 2. The van der Waals surface area contributed by atoms with Crippen molar-refractivity contribution in [1.82, 2.24) is 9.13 Å². The normalized spacial score (nSPS) is 15.3. The lowest BCUT2D eigenvalue weighted by Gasteiger charge is -2.18. The summed E-state index contributed by atoms with van der Waals surface area (Å²) in [6, 6.07) is 6.21. The number of fused-ring (bicyclic) bond motifs is 1. The number of hydrogen-bond acceptors (Lipinski definition) is 9. The van der Waals surface area contributed by atoms with Gasteiger partial charge in [0.1, 0.15) is 5.56 Å². The SMILES string of the molecule is CCCCn1c(O)c(C=C=CC=C2Oc3ccccc3N2CCS(=O)(=O)N=S(=O)(OC(F)F)C(F)(F)F)c(=O)n(CCCC)c1=S. The first-order valence-electron chi connectivity index (χ1n) is 13.8. The highest BCUT2D eigenvalue weighted by Gasteiger charge is 2.48. The van der Waals surface area contributed by atoms with Gasteiger partial charge < -0.3 is 14.7 Å². The van der Waals surface area contributed by atoms with Crippen LogP contribution in [0.4, 0.5) is 27.6 Å². The van der Waals surface area contributed by atoms with E-state index in [0.717, 1.165) is 12.8 Å².